The molecule has 3 heteroatoms. The smallest absolute Gasteiger partial charge is 0.230 e. The molecule has 0 heterocycles. The summed E-state index contributed by atoms with van der Waals surface area (Å²) in [6.45, 7) is 1.53. The molecule has 1 aliphatic carbocycles. The van der Waals surface area contributed by atoms with Gasteiger partial charge in [-0.25, -0.2) is 5.43 Å². The summed E-state index contributed by atoms with van der Waals surface area (Å²) >= 11 is 0. The van der Waals surface area contributed by atoms with E-state index in [0.717, 1.165) is 6.42 Å². The van der Waals surface area contributed by atoms with Crippen LogP contribution < -0.4 is 10.9 Å². The molecular formula is C13H18N2O. The van der Waals surface area contributed by atoms with Gasteiger partial charge in [0.15, 0.2) is 0 Å². The number of nitrogens with one attached hydrogen (secondary N) is 2. The highest BCUT2D eigenvalue weighted by Gasteiger charge is 2.28. The van der Waals surface area contributed by atoms with Gasteiger partial charge < -0.3 is 0 Å². The highest BCUT2D eigenvalue weighted by molar-refractivity contribution is 5.72. The zero-order chi connectivity index (χ0) is 11.4. The van der Waals surface area contributed by atoms with Crippen molar-refractivity contribution < 1.29 is 4.79 Å². The number of benzene rings is 1. The largest absolute Gasteiger partial charge is 0.292 e. The average Bonchev–Trinajstić information content (AvgIpc) is 2.75. The molecule has 0 aliphatic heterocycles. The average molecular weight is 218 g/mol. The van der Waals surface area contributed by atoms with Crippen molar-refractivity contribution in [2.75, 3.05) is 0 Å². The molecule has 2 rings (SSSR count). The van der Waals surface area contributed by atoms with Gasteiger partial charge in [0.05, 0.1) is 0 Å². The van der Waals surface area contributed by atoms with E-state index in [9.17, 15) is 4.79 Å². The summed E-state index contributed by atoms with van der Waals surface area (Å²) in [6.07, 6.45) is 3.54. The summed E-state index contributed by atoms with van der Waals surface area (Å²) in [6, 6.07) is 10.9. The van der Waals surface area contributed by atoms with Crippen LogP contribution in [0.1, 0.15) is 37.7 Å². The lowest BCUT2D eigenvalue weighted by Crippen LogP contribution is -2.44. The molecule has 1 aromatic rings. The summed E-state index contributed by atoms with van der Waals surface area (Å²) < 4.78 is 0. The van der Waals surface area contributed by atoms with Crippen LogP contribution in [-0.4, -0.2) is 11.9 Å². The van der Waals surface area contributed by atoms with E-state index in [2.05, 4.69) is 35.1 Å². The van der Waals surface area contributed by atoms with Crippen molar-refractivity contribution in [3.8, 4) is 0 Å². The highest BCUT2D eigenvalue weighted by atomic mass is 16.2. The topological polar surface area (TPSA) is 41.1 Å². The molecule has 1 saturated carbocycles. The van der Waals surface area contributed by atoms with E-state index >= 15 is 0 Å². The van der Waals surface area contributed by atoms with E-state index in [4.69, 9.17) is 0 Å². The van der Waals surface area contributed by atoms with Crippen LogP contribution in [0.2, 0.25) is 0 Å². The zero-order valence-electron chi connectivity index (χ0n) is 9.57. The van der Waals surface area contributed by atoms with Crippen LogP contribution in [0.25, 0.3) is 0 Å². The highest BCUT2D eigenvalue weighted by Crippen LogP contribution is 2.34. The number of rotatable bonds is 3. The predicted octanol–water partition coefficient (Wildman–Crippen LogP) is 1.96. The number of hydrogen-bond donors (Lipinski definition) is 2. The molecule has 86 valence electrons. The molecule has 0 spiro atoms. The Morgan fingerprint density at radius 2 is 2.00 bits per heavy atom. The molecule has 0 saturated heterocycles. The Hall–Kier alpha value is -1.35. The second kappa shape index (κ2) is 5.12. The van der Waals surface area contributed by atoms with Gasteiger partial charge in [0.25, 0.3) is 0 Å². The summed E-state index contributed by atoms with van der Waals surface area (Å²) in [7, 11) is 0. The molecule has 0 aromatic heterocycles. The van der Waals surface area contributed by atoms with Crippen LogP contribution >= 0.6 is 0 Å². The van der Waals surface area contributed by atoms with Crippen molar-refractivity contribution >= 4 is 5.91 Å². The molecule has 1 aliphatic rings. The fourth-order valence-corrected chi connectivity index (χ4v) is 2.43. The number of amides is 1. The normalized spacial score (nSPS) is 24.3. The van der Waals surface area contributed by atoms with Crippen LogP contribution in [0.5, 0.6) is 0 Å². The lowest BCUT2D eigenvalue weighted by molar-refractivity contribution is -0.120. The summed E-state index contributed by atoms with van der Waals surface area (Å²) in [4.78, 5) is 10.9. The Morgan fingerprint density at radius 3 is 2.69 bits per heavy atom. The van der Waals surface area contributed by atoms with Gasteiger partial charge in [-0.15, -0.1) is 0 Å². The predicted molar refractivity (Wildman–Crippen MR) is 63.8 cm³/mol. The van der Waals surface area contributed by atoms with Gasteiger partial charge >= 0.3 is 0 Å². The van der Waals surface area contributed by atoms with Gasteiger partial charge in [-0.3, -0.25) is 10.2 Å². The molecule has 0 unspecified atom stereocenters. The molecule has 16 heavy (non-hydrogen) atoms. The lowest BCUT2D eigenvalue weighted by Gasteiger charge is -2.21. The van der Waals surface area contributed by atoms with Gasteiger partial charge in [-0.2, -0.15) is 0 Å². The second-order valence-electron chi connectivity index (χ2n) is 4.38. The third kappa shape index (κ3) is 2.61. The summed E-state index contributed by atoms with van der Waals surface area (Å²) in [5.74, 6) is 0.492. The maximum Gasteiger partial charge on any atom is 0.230 e. The lowest BCUT2D eigenvalue weighted by atomic mass is 9.94. The summed E-state index contributed by atoms with van der Waals surface area (Å²) in [5.41, 5.74) is 7.19. The van der Waals surface area contributed by atoms with Crippen molar-refractivity contribution in [3.05, 3.63) is 35.9 Å². The quantitative estimate of drug-likeness (QED) is 0.761. The third-order valence-corrected chi connectivity index (χ3v) is 3.18. The van der Waals surface area contributed by atoms with E-state index in [0.29, 0.717) is 12.0 Å². The Morgan fingerprint density at radius 1 is 1.25 bits per heavy atom. The van der Waals surface area contributed by atoms with Crippen molar-refractivity contribution in [3.63, 3.8) is 0 Å². The maximum absolute atomic E-state index is 10.9. The molecule has 0 radical (unpaired) electrons. The molecule has 2 N–H and O–H groups in total. The van der Waals surface area contributed by atoms with E-state index in [1.54, 1.807) is 0 Å². The van der Waals surface area contributed by atoms with Crippen molar-refractivity contribution in [2.45, 2.75) is 38.1 Å². The molecule has 1 fully saturated rings. The van der Waals surface area contributed by atoms with Crippen molar-refractivity contribution in [1.29, 1.82) is 0 Å². The number of hydrazine groups is 1. The van der Waals surface area contributed by atoms with Crippen LogP contribution in [-0.2, 0) is 4.79 Å². The minimum Gasteiger partial charge on any atom is -0.292 e. The van der Waals surface area contributed by atoms with Crippen molar-refractivity contribution in [1.82, 2.24) is 10.9 Å². The van der Waals surface area contributed by atoms with Gasteiger partial charge in [-0.1, -0.05) is 36.8 Å². The molecule has 1 amide bonds. The minimum atomic E-state index is -0.0290. The number of hydrogen-bond acceptors (Lipinski definition) is 2. The fraction of sp³-hybridized carbons (Fsp3) is 0.462. The van der Waals surface area contributed by atoms with E-state index in [1.165, 1.54) is 25.3 Å². The van der Waals surface area contributed by atoms with Crippen LogP contribution in [0, 0.1) is 0 Å². The molecule has 1 aromatic carbocycles. The van der Waals surface area contributed by atoms with Gasteiger partial charge in [0, 0.05) is 18.9 Å². The standard InChI is InChI=1S/C13H18N2O/c1-10(16)14-15-13-9-5-8-12(13)11-6-3-2-4-7-11/h2-4,6-7,12-13,15H,5,8-9H2,1H3,(H,14,16)/t12-,13-/m0/s1. The Labute approximate surface area is 96.2 Å². The first kappa shape index (κ1) is 11.1. The van der Waals surface area contributed by atoms with E-state index < -0.39 is 0 Å². The Bertz CT molecular complexity index is 350. The van der Waals surface area contributed by atoms with E-state index in [1.807, 2.05) is 6.07 Å². The van der Waals surface area contributed by atoms with Gasteiger partial charge in [-0.05, 0) is 18.4 Å². The number of carbonyl (C=O) groups excluding carboxylic acids is 1. The SMILES string of the molecule is CC(=O)NN[C@H]1CCC[C@H]1c1ccccc1. The maximum atomic E-state index is 10.9. The first-order valence-electron chi connectivity index (χ1n) is 5.84. The Kier molecular flexibility index (Phi) is 3.57. The van der Waals surface area contributed by atoms with E-state index in [-0.39, 0.29) is 5.91 Å². The number of carbonyl (C=O) groups is 1. The molecular weight excluding hydrogens is 200 g/mol. The minimum absolute atomic E-state index is 0.0290. The van der Waals surface area contributed by atoms with Gasteiger partial charge in [0.2, 0.25) is 5.91 Å². The molecule has 3 nitrogen and oxygen atoms in total. The second-order valence-corrected chi connectivity index (χ2v) is 4.38. The zero-order valence-corrected chi connectivity index (χ0v) is 9.57. The first-order valence-corrected chi connectivity index (χ1v) is 5.84. The van der Waals surface area contributed by atoms with Crippen LogP contribution in [0.15, 0.2) is 30.3 Å². The molecule has 2 atom stereocenters. The monoisotopic (exact) mass is 218 g/mol. The van der Waals surface area contributed by atoms with Gasteiger partial charge in [0.1, 0.15) is 0 Å². The Balaban J connectivity index is 2.01. The third-order valence-electron chi connectivity index (χ3n) is 3.18. The fourth-order valence-electron chi connectivity index (χ4n) is 2.43. The first-order chi connectivity index (χ1) is 7.77. The van der Waals surface area contributed by atoms with Crippen molar-refractivity contribution in [2.24, 2.45) is 0 Å². The van der Waals surface area contributed by atoms with Crippen LogP contribution in [0.4, 0.5) is 0 Å². The van der Waals surface area contributed by atoms with Crippen LogP contribution in [0.3, 0.4) is 0 Å². The molecule has 0 bridgehead atoms. The summed E-state index contributed by atoms with van der Waals surface area (Å²) in [5, 5.41) is 0.